The van der Waals surface area contributed by atoms with Crippen molar-refractivity contribution in [2.45, 2.75) is 32.2 Å². The summed E-state index contributed by atoms with van der Waals surface area (Å²) < 4.78 is 0.999. The number of nitrogens with zero attached hydrogens (tertiary/aromatic N) is 1. The van der Waals surface area contributed by atoms with Crippen molar-refractivity contribution in [2.75, 3.05) is 7.05 Å². The Morgan fingerprint density at radius 3 is 2.33 bits per heavy atom. The summed E-state index contributed by atoms with van der Waals surface area (Å²) in [5.41, 5.74) is 1.08. The van der Waals surface area contributed by atoms with Gasteiger partial charge in [0.1, 0.15) is 0 Å². The van der Waals surface area contributed by atoms with Gasteiger partial charge in [-0.2, -0.15) is 0 Å². The Hall–Kier alpha value is -1.36. The quantitative estimate of drug-likeness (QED) is 0.903. The lowest BCUT2D eigenvalue weighted by Gasteiger charge is -2.29. The lowest BCUT2D eigenvalue weighted by molar-refractivity contribution is -0.145. The summed E-state index contributed by atoms with van der Waals surface area (Å²) in [5, 5.41) is 9.00. The second-order valence-corrected chi connectivity index (χ2v) is 6.53. The summed E-state index contributed by atoms with van der Waals surface area (Å²) in [4.78, 5) is 25.1. The number of carbonyl (C=O) groups is 2. The van der Waals surface area contributed by atoms with Gasteiger partial charge in [-0.25, -0.2) is 0 Å². The zero-order valence-electron chi connectivity index (χ0n) is 12.1. The molecule has 4 nitrogen and oxygen atoms in total. The highest BCUT2D eigenvalue weighted by Gasteiger charge is 2.31. The molecule has 114 valence electrons. The normalized spacial score (nSPS) is 21.8. The van der Waals surface area contributed by atoms with Crippen LogP contribution >= 0.6 is 15.9 Å². The van der Waals surface area contributed by atoms with Crippen molar-refractivity contribution in [3.05, 3.63) is 34.3 Å². The van der Waals surface area contributed by atoms with Crippen LogP contribution in [0.25, 0.3) is 0 Å². The molecule has 1 aliphatic rings. The fourth-order valence-corrected chi connectivity index (χ4v) is 3.27. The lowest BCUT2D eigenvalue weighted by Crippen LogP contribution is -2.35. The summed E-state index contributed by atoms with van der Waals surface area (Å²) in [6.45, 7) is 0.569. The highest BCUT2D eigenvalue weighted by Crippen LogP contribution is 2.30. The van der Waals surface area contributed by atoms with Gasteiger partial charge in [-0.3, -0.25) is 9.59 Å². The maximum absolute atomic E-state index is 12.5. The van der Waals surface area contributed by atoms with E-state index in [1.54, 1.807) is 4.90 Å². The minimum atomic E-state index is -0.734. The zero-order chi connectivity index (χ0) is 15.4. The Labute approximate surface area is 133 Å². The maximum Gasteiger partial charge on any atom is 0.306 e. The van der Waals surface area contributed by atoms with E-state index in [9.17, 15) is 9.59 Å². The summed E-state index contributed by atoms with van der Waals surface area (Å²) in [7, 11) is 1.81. The molecule has 0 radical (unpaired) electrons. The minimum absolute atomic E-state index is 0.0342. The number of hydrogen-bond acceptors (Lipinski definition) is 2. The Balaban J connectivity index is 1.92. The highest BCUT2D eigenvalue weighted by atomic mass is 79.9. The number of aliphatic carboxylic acids is 1. The molecule has 1 amide bonds. The molecule has 5 heteroatoms. The number of hydrogen-bond donors (Lipinski definition) is 1. The van der Waals surface area contributed by atoms with Crippen molar-refractivity contribution in [1.82, 2.24) is 4.90 Å². The minimum Gasteiger partial charge on any atom is -0.481 e. The second kappa shape index (κ2) is 7.07. The molecule has 2 rings (SSSR count). The van der Waals surface area contributed by atoms with E-state index in [1.807, 2.05) is 31.3 Å². The van der Waals surface area contributed by atoms with Gasteiger partial charge < -0.3 is 10.0 Å². The summed E-state index contributed by atoms with van der Waals surface area (Å²) >= 11 is 3.49. The molecule has 1 fully saturated rings. The van der Waals surface area contributed by atoms with Crippen molar-refractivity contribution >= 4 is 27.8 Å². The number of amides is 1. The van der Waals surface area contributed by atoms with Gasteiger partial charge in [0.25, 0.3) is 0 Å². The van der Waals surface area contributed by atoms with Gasteiger partial charge in [0, 0.05) is 24.0 Å². The molecule has 0 saturated heterocycles. The van der Waals surface area contributed by atoms with E-state index >= 15 is 0 Å². The summed E-state index contributed by atoms with van der Waals surface area (Å²) in [6, 6.07) is 7.86. The smallest absolute Gasteiger partial charge is 0.306 e. The molecule has 0 heterocycles. The van der Waals surface area contributed by atoms with E-state index in [0.29, 0.717) is 32.2 Å². The zero-order valence-corrected chi connectivity index (χ0v) is 13.7. The van der Waals surface area contributed by atoms with Crippen LogP contribution in [0.2, 0.25) is 0 Å². The fourth-order valence-electron chi connectivity index (χ4n) is 2.86. The Morgan fingerprint density at radius 2 is 1.76 bits per heavy atom. The number of carboxylic acids is 1. The van der Waals surface area contributed by atoms with Gasteiger partial charge in [-0.05, 0) is 37.3 Å². The van der Waals surface area contributed by atoms with Crippen molar-refractivity contribution < 1.29 is 14.7 Å². The predicted molar refractivity (Wildman–Crippen MR) is 83.7 cm³/mol. The highest BCUT2D eigenvalue weighted by molar-refractivity contribution is 9.10. The average Bonchev–Trinajstić information content (AvgIpc) is 2.49. The lowest BCUT2D eigenvalue weighted by atomic mass is 9.81. The third-order valence-corrected chi connectivity index (χ3v) is 4.94. The fraction of sp³-hybridized carbons (Fsp3) is 0.500. The Bertz CT molecular complexity index is 524. The number of benzene rings is 1. The molecule has 0 bridgehead atoms. The van der Waals surface area contributed by atoms with Gasteiger partial charge >= 0.3 is 5.97 Å². The third-order valence-electron chi connectivity index (χ3n) is 4.17. The summed E-state index contributed by atoms with van der Waals surface area (Å²) in [6.07, 6.45) is 2.56. The number of carbonyl (C=O) groups excluding carboxylic acids is 1. The van der Waals surface area contributed by atoms with Crippen molar-refractivity contribution in [1.29, 1.82) is 0 Å². The number of rotatable bonds is 4. The molecule has 0 atom stereocenters. The SMILES string of the molecule is CN(Cc1ccccc1Br)C(=O)C1CCC(C(=O)O)CC1. The molecule has 1 aromatic carbocycles. The van der Waals surface area contributed by atoms with Gasteiger partial charge in [0.2, 0.25) is 5.91 Å². The van der Waals surface area contributed by atoms with Crippen molar-refractivity contribution in [2.24, 2.45) is 11.8 Å². The van der Waals surface area contributed by atoms with E-state index in [4.69, 9.17) is 5.11 Å². The van der Waals surface area contributed by atoms with Crippen LogP contribution < -0.4 is 0 Å². The first-order valence-corrected chi connectivity index (χ1v) is 7.99. The average molecular weight is 354 g/mol. The largest absolute Gasteiger partial charge is 0.481 e. The van der Waals surface area contributed by atoms with Crippen molar-refractivity contribution in [3.63, 3.8) is 0 Å². The third kappa shape index (κ3) is 4.06. The molecule has 0 unspecified atom stereocenters. The van der Waals surface area contributed by atoms with Gasteiger partial charge in [-0.1, -0.05) is 34.1 Å². The van der Waals surface area contributed by atoms with Crippen LogP contribution in [0.4, 0.5) is 0 Å². The molecule has 0 aromatic heterocycles. The van der Waals surface area contributed by atoms with Gasteiger partial charge in [0.05, 0.1) is 5.92 Å². The van der Waals surface area contributed by atoms with E-state index in [0.717, 1.165) is 10.0 Å². The van der Waals surface area contributed by atoms with Crippen LogP contribution in [0.3, 0.4) is 0 Å². The molecular weight excluding hydrogens is 334 g/mol. The summed E-state index contributed by atoms with van der Waals surface area (Å²) in [5.74, 6) is -0.923. The molecule has 1 aromatic rings. The molecule has 1 N–H and O–H groups in total. The van der Waals surface area contributed by atoms with Gasteiger partial charge in [0.15, 0.2) is 0 Å². The van der Waals surface area contributed by atoms with Crippen LogP contribution in [0, 0.1) is 11.8 Å². The first kappa shape index (κ1) is 16.0. The molecule has 1 saturated carbocycles. The Kier molecular flexibility index (Phi) is 5.39. The maximum atomic E-state index is 12.5. The van der Waals surface area contributed by atoms with Crippen LogP contribution in [0.1, 0.15) is 31.2 Å². The topological polar surface area (TPSA) is 57.6 Å². The molecule has 21 heavy (non-hydrogen) atoms. The standard InChI is InChI=1S/C16H20BrNO3/c1-18(10-13-4-2-3-5-14(13)17)15(19)11-6-8-12(9-7-11)16(20)21/h2-5,11-12H,6-10H2,1H3,(H,20,21). The van der Waals surface area contributed by atoms with Crippen molar-refractivity contribution in [3.8, 4) is 0 Å². The van der Waals surface area contributed by atoms with Crippen LogP contribution in [-0.4, -0.2) is 28.9 Å². The molecule has 1 aliphatic carbocycles. The first-order chi connectivity index (χ1) is 9.99. The van der Waals surface area contributed by atoms with E-state index in [2.05, 4.69) is 15.9 Å². The Morgan fingerprint density at radius 1 is 1.19 bits per heavy atom. The number of halogens is 1. The van der Waals surface area contributed by atoms with Crippen LogP contribution in [0.5, 0.6) is 0 Å². The van der Waals surface area contributed by atoms with E-state index in [1.165, 1.54) is 0 Å². The number of carboxylic acid groups (broad SMARTS) is 1. The molecule has 0 aliphatic heterocycles. The molecule has 0 spiro atoms. The first-order valence-electron chi connectivity index (χ1n) is 7.20. The molecular formula is C16H20BrNO3. The van der Waals surface area contributed by atoms with E-state index < -0.39 is 5.97 Å². The van der Waals surface area contributed by atoms with Crippen LogP contribution in [0.15, 0.2) is 28.7 Å². The predicted octanol–water partition coefficient (Wildman–Crippen LogP) is 3.30. The monoisotopic (exact) mass is 353 g/mol. The second-order valence-electron chi connectivity index (χ2n) is 5.67. The van der Waals surface area contributed by atoms with Crippen LogP contribution in [-0.2, 0) is 16.1 Å². The van der Waals surface area contributed by atoms with Gasteiger partial charge in [-0.15, -0.1) is 0 Å². The van der Waals surface area contributed by atoms with E-state index in [-0.39, 0.29) is 17.7 Å².